The first-order valence-electron chi connectivity index (χ1n) is 8.17. The molecular weight excluding hydrogens is 311 g/mol. The van der Waals surface area contributed by atoms with Gasteiger partial charge in [-0.05, 0) is 30.5 Å². The average Bonchev–Trinajstić information content (AvgIpc) is 3.00. The Morgan fingerprint density at radius 2 is 2.04 bits per heavy atom. The van der Waals surface area contributed by atoms with Crippen molar-refractivity contribution >= 4 is 5.95 Å². The molecule has 2 saturated heterocycles. The van der Waals surface area contributed by atoms with Crippen molar-refractivity contribution in [1.29, 1.82) is 0 Å². The third-order valence-corrected chi connectivity index (χ3v) is 4.55. The quantitative estimate of drug-likeness (QED) is 0.854. The van der Waals surface area contributed by atoms with E-state index in [1.807, 2.05) is 12.1 Å². The lowest BCUT2D eigenvalue weighted by Crippen LogP contribution is -2.42. The van der Waals surface area contributed by atoms with Gasteiger partial charge in [0.25, 0.3) is 0 Å². The van der Waals surface area contributed by atoms with Gasteiger partial charge in [0.2, 0.25) is 5.95 Å². The lowest BCUT2D eigenvalue weighted by Gasteiger charge is -2.32. The number of rotatable bonds is 4. The molecule has 0 spiro atoms. The highest BCUT2D eigenvalue weighted by Gasteiger charge is 2.45. The fourth-order valence-corrected chi connectivity index (χ4v) is 3.42. The van der Waals surface area contributed by atoms with Crippen molar-refractivity contribution in [1.82, 2.24) is 15.0 Å². The zero-order valence-corrected chi connectivity index (χ0v) is 13.2. The van der Waals surface area contributed by atoms with Crippen LogP contribution in [0.25, 0.3) is 0 Å². The number of pyridine rings is 1. The van der Waals surface area contributed by atoms with Crippen LogP contribution in [0.1, 0.15) is 18.4 Å². The number of nitrogens with zero attached hydrogens (tertiary/aromatic N) is 4. The molecule has 2 aliphatic heterocycles. The molecule has 0 radical (unpaired) electrons. The first-order valence-corrected chi connectivity index (χ1v) is 8.17. The molecule has 2 aromatic heterocycles. The molecule has 4 rings (SSSR count). The highest BCUT2D eigenvalue weighted by atomic mass is 19.1. The van der Waals surface area contributed by atoms with Crippen molar-refractivity contribution in [3.63, 3.8) is 0 Å². The Morgan fingerprint density at radius 3 is 2.83 bits per heavy atom. The van der Waals surface area contributed by atoms with Crippen molar-refractivity contribution in [2.75, 3.05) is 18.1 Å². The van der Waals surface area contributed by atoms with Crippen LogP contribution >= 0.6 is 0 Å². The Balaban J connectivity index is 1.49. The molecule has 2 fully saturated rings. The maximum absolute atomic E-state index is 13.1. The summed E-state index contributed by atoms with van der Waals surface area (Å²) in [5, 5.41) is 0. The van der Waals surface area contributed by atoms with Crippen molar-refractivity contribution in [2.45, 2.75) is 37.7 Å². The molecule has 0 aromatic carbocycles. The smallest absolute Gasteiger partial charge is 0.225 e. The first kappa shape index (κ1) is 15.4. The van der Waals surface area contributed by atoms with Gasteiger partial charge in [-0.3, -0.25) is 4.98 Å². The van der Waals surface area contributed by atoms with Crippen molar-refractivity contribution in [3.05, 3.63) is 48.3 Å². The highest BCUT2D eigenvalue weighted by molar-refractivity contribution is 5.35. The summed E-state index contributed by atoms with van der Waals surface area (Å²) in [6.07, 6.45) is 7.85. The monoisotopic (exact) mass is 330 g/mol. The van der Waals surface area contributed by atoms with E-state index in [4.69, 9.17) is 9.47 Å². The first-order chi connectivity index (χ1) is 11.8. The van der Waals surface area contributed by atoms with E-state index in [1.165, 1.54) is 12.4 Å². The molecule has 0 aliphatic carbocycles. The van der Waals surface area contributed by atoms with Gasteiger partial charge in [0.15, 0.2) is 5.82 Å². The standard InChI is InChI=1S/C17H19FN4O2/c18-13-8-20-17(21-9-13)22-10-15(16-14(22)2-1-7-23-16)24-11-12-3-5-19-6-4-12/h3-6,8-9,14-16H,1-2,7,10-11H2/t14-,15-,16+/m1/s1. The molecule has 0 unspecified atom stereocenters. The third-order valence-electron chi connectivity index (χ3n) is 4.55. The van der Waals surface area contributed by atoms with E-state index >= 15 is 0 Å². The van der Waals surface area contributed by atoms with Crippen LogP contribution in [0.3, 0.4) is 0 Å². The molecule has 0 saturated carbocycles. The van der Waals surface area contributed by atoms with Crippen LogP contribution in [0.4, 0.5) is 10.3 Å². The van der Waals surface area contributed by atoms with E-state index < -0.39 is 5.82 Å². The Hall–Kier alpha value is -2.12. The number of halogens is 1. The van der Waals surface area contributed by atoms with Crippen LogP contribution in [0.2, 0.25) is 0 Å². The molecule has 0 N–H and O–H groups in total. The third kappa shape index (κ3) is 3.09. The van der Waals surface area contributed by atoms with Crippen LogP contribution in [0.5, 0.6) is 0 Å². The van der Waals surface area contributed by atoms with E-state index in [0.29, 0.717) is 19.1 Å². The van der Waals surface area contributed by atoms with E-state index in [-0.39, 0.29) is 18.2 Å². The van der Waals surface area contributed by atoms with E-state index in [0.717, 1.165) is 25.0 Å². The summed E-state index contributed by atoms with van der Waals surface area (Å²) in [5.41, 5.74) is 1.08. The number of hydrogen-bond donors (Lipinski definition) is 0. The fraction of sp³-hybridized carbons (Fsp3) is 0.471. The summed E-state index contributed by atoms with van der Waals surface area (Å²) in [7, 11) is 0. The van der Waals surface area contributed by atoms with Gasteiger partial charge in [-0.25, -0.2) is 14.4 Å². The molecule has 3 atom stereocenters. The van der Waals surface area contributed by atoms with Gasteiger partial charge in [-0.15, -0.1) is 0 Å². The topological polar surface area (TPSA) is 60.4 Å². The number of fused-ring (bicyclic) bond motifs is 1. The number of anilines is 1. The van der Waals surface area contributed by atoms with Gasteiger partial charge in [0.1, 0.15) is 12.2 Å². The number of ether oxygens (including phenoxy) is 2. The maximum atomic E-state index is 13.1. The molecule has 7 heteroatoms. The summed E-state index contributed by atoms with van der Waals surface area (Å²) in [4.78, 5) is 14.3. The molecule has 4 heterocycles. The summed E-state index contributed by atoms with van der Waals surface area (Å²) in [5.74, 6) is 0.104. The second-order valence-corrected chi connectivity index (χ2v) is 6.10. The zero-order valence-electron chi connectivity index (χ0n) is 13.2. The normalized spacial score (nSPS) is 26.4. The second-order valence-electron chi connectivity index (χ2n) is 6.10. The number of aromatic nitrogens is 3. The van der Waals surface area contributed by atoms with Gasteiger partial charge < -0.3 is 14.4 Å². The van der Waals surface area contributed by atoms with Crippen LogP contribution in [-0.4, -0.2) is 46.4 Å². The molecular formula is C17H19FN4O2. The summed E-state index contributed by atoms with van der Waals surface area (Å²) in [6, 6.07) is 4.05. The van der Waals surface area contributed by atoms with E-state index in [9.17, 15) is 4.39 Å². The van der Waals surface area contributed by atoms with Crippen LogP contribution in [-0.2, 0) is 16.1 Å². The predicted octanol–water partition coefficient (Wildman–Crippen LogP) is 1.96. The molecule has 2 aliphatic rings. The summed E-state index contributed by atoms with van der Waals surface area (Å²) >= 11 is 0. The molecule has 2 aromatic rings. The van der Waals surface area contributed by atoms with Gasteiger partial charge in [-0.2, -0.15) is 0 Å². The SMILES string of the molecule is Fc1cnc(N2C[C@@H](OCc3ccncc3)[C@H]3OCCC[C@H]32)nc1. The fourth-order valence-electron chi connectivity index (χ4n) is 3.42. The summed E-state index contributed by atoms with van der Waals surface area (Å²) < 4.78 is 25.2. The predicted molar refractivity (Wildman–Crippen MR) is 84.9 cm³/mol. The van der Waals surface area contributed by atoms with E-state index in [2.05, 4.69) is 19.9 Å². The van der Waals surface area contributed by atoms with Crippen molar-refractivity contribution in [2.24, 2.45) is 0 Å². The van der Waals surface area contributed by atoms with Crippen molar-refractivity contribution in [3.8, 4) is 0 Å². The highest BCUT2D eigenvalue weighted by Crippen LogP contribution is 2.33. The van der Waals surface area contributed by atoms with E-state index in [1.54, 1.807) is 12.4 Å². The van der Waals surface area contributed by atoms with Crippen LogP contribution < -0.4 is 4.90 Å². The Labute approximate surface area is 139 Å². The zero-order chi connectivity index (χ0) is 16.4. The minimum absolute atomic E-state index is 0.00533. The Bertz CT molecular complexity index is 670. The van der Waals surface area contributed by atoms with Crippen LogP contribution in [0, 0.1) is 5.82 Å². The molecule has 126 valence electrons. The van der Waals surface area contributed by atoms with Gasteiger partial charge >= 0.3 is 0 Å². The maximum Gasteiger partial charge on any atom is 0.225 e. The van der Waals surface area contributed by atoms with Crippen molar-refractivity contribution < 1.29 is 13.9 Å². The molecule has 6 nitrogen and oxygen atoms in total. The van der Waals surface area contributed by atoms with Crippen LogP contribution in [0.15, 0.2) is 36.9 Å². The Kier molecular flexibility index (Phi) is 4.36. The Morgan fingerprint density at radius 1 is 1.25 bits per heavy atom. The van der Waals surface area contributed by atoms with Gasteiger partial charge in [0, 0.05) is 19.0 Å². The largest absolute Gasteiger partial charge is 0.373 e. The lowest BCUT2D eigenvalue weighted by atomic mass is 10.0. The minimum Gasteiger partial charge on any atom is -0.373 e. The minimum atomic E-state index is -0.431. The van der Waals surface area contributed by atoms with Gasteiger partial charge in [0.05, 0.1) is 31.6 Å². The van der Waals surface area contributed by atoms with Gasteiger partial charge in [-0.1, -0.05) is 0 Å². The lowest BCUT2D eigenvalue weighted by molar-refractivity contribution is -0.0784. The molecule has 0 amide bonds. The molecule has 24 heavy (non-hydrogen) atoms. The summed E-state index contributed by atoms with van der Waals surface area (Å²) in [6.45, 7) is 1.90. The number of hydrogen-bond acceptors (Lipinski definition) is 6. The second kappa shape index (κ2) is 6.78. The average molecular weight is 330 g/mol. The molecule has 0 bridgehead atoms.